The molecule has 5 heteroatoms. The van der Waals surface area contributed by atoms with E-state index in [2.05, 4.69) is 0 Å². The molecular formula is C22H22O5. The highest BCUT2D eigenvalue weighted by Crippen LogP contribution is 2.32. The molecule has 0 spiro atoms. The fourth-order valence-corrected chi connectivity index (χ4v) is 2.76. The molecule has 3 aromatic carbocycles. The smallest absolute Gasteiger partial charge is 0.119 e. The Bertz CT molecular complexity index is 787. The Hall–Kier alpha value is -3.02. The third-order valence-electron chi connectivity index (χ3n) is 4.01. The summed E-state index contributed by atoms with van der Waals surface area (Å²) in [6.07, 6.45) is 0. The summed E-state index contributed by atoms with van der Waals surface area (Å²) in [7, 11) is 0. The van der Waals surface area contributed by atoms with E-state index in [4.69, 9.17) is 19.7 Å². The minimum Gasteiger partial charge on any atom is -0.508 e. The van der Waals surface area contributed by atoms with E-state index in [1.165, 1.54) is 0 Å². The van der Waals surface area contributed by atoms with Crippen LogP contribution in [0.5, 0.6) is 17.2 Å². The first-order valence-corrected chi connectivity index (χ1v) is 8.72. The molecular weight excluding hydrogens is 344 g/mol. The van der Waals surface area contributed by atoms with E-state index in [9.17, 15) is 5.11 Å². The average molecular weight is 366 g/mol. The summed E-state index contributed by atoms with van der Waals surface area (Å²) in [5, 5.41) is 27.8. The normalized spacial score (nSPS) is 10.6. The number of rotatable bonds is 8. The second-order valence-corrected chi connectivity index (χ2v) is 5.96. The zero-order valence-corrected chi connectivity index (χ0v) is 14.8. The predicted octanol–water partition coefficient (Wildman–Crippen LogP) is 3.47. The molecule has 0 radical (unpaired) electrons. The van der Waals surface area contributed by atoms with Gasteiger partial charge in [-0.2, -0.15) is 0 Å². The zero-order valence-electron chi connectivity index (χ0n) is 14.8. The Morgan fingerprint density at radius 1 is 0.556 bits per heavy atom. The van der Waals surface area contributed by atoms with Crippen molar-refractivity contribution in [2.24, 2.45) is 0 Å². The number of ether oxygens (including phenoxy) is 2. The van der Waals surface area contributed by atoms with Crippen LogP contribution in [0.1, 0.15) is 0 Å². The van der Waals surface area contributed by atoms with Crippen LogP contribution >= 0.6 is 0 Å². The number of phenolic OH excluding ortho intramolecular Hbond substituents is 1. The molecule has 0 unspecified atom stereocenters. The van der Waals surface area contributed by atoms with Crippen LogP contribution in [0.2, 0.25) is 0 Å². The Balaban J connectivity index is 1.83. The maximum absolute atomic E-state index is 10.2. The number of hydrogen-bond donors (Lipinski definition) is 3. The van der Waals surface area contributed by atoms with Crippen molar-refractivity contribution in [1.82, 2.24) is 0 Å². The molecule has 0 aliphatic carbocycles. The van der Waals surface area contributed by atoms with Crippen molar-refractivity contribution in [3.05, 3.63) is 66.7 Å². The molecule has 0 aliphatic rings. The standard InChI is InChI=1S/C22H22O5/c23-9-11-26-21-5-1-16(2-6-21)18-13-19(15-20(25)14-18)17-3-7-22(8-4-17)27-12-10-24/h1-8,13-15,23-25H,9-12H2. The number of phenols is 1. The van der Waals surface area contributed by atoms with E-state index < -0.39 is 0 Å². The van der Waals surface area contributed by atoms with Crippen molar-refractivity contribution < 1.29 is 24.8 Å². The molecule has 3 rings (SSSR count). The molecule has 0 bridgehead atoms. The van der Waals surface area contributed by atoms with Crippen LogP contribution in [0.4, 0.5) is 0 Å². The Kier molecular flexibility index (Phi) is 6.30. The first-order chi connectivity index (χ1) is 13.2. The van der Waals surface area contributed by atoms with Crippen molar-refractivity contribution in [3.8, 4) is 39.5 Å². The molecule has 3 N–H and O–H groups in total. The summed E-state index contributed by atoms with van der Waals surface area (Å²) in [5.41, 5.74) is 3.68. The molecule has 0 amide bonds. The van der Waals surface area contributed by atoms with Crippen molar-refractivity contribution in [2.45, 2.75) is 0 Å². The number of hydrogen-bond acceptors (Lipinski definition) is 5. The number of aromatic hydroxyl groups is 1. The lowest BCUT2D eigenvalue weighted by atomic mass is 9.98. The molecule has 0 atom stereocenters. The van der Waals surface area contributed by atoms with Crippen molar-refractivity contribution in [2.75, 3.05) is 26.4 Å². The largest absolute Gasteiger partial charge is 0.508 e. The molecule has 27 heavy (non-hydrogen) atoms. The molecule has 5 nitrogen and oxygen atoms in total. The van der Waals surface area contributed by atoms with E-state index in [0.717, 1.165) is 22.3 Å². The minimum absolute atomic E-state index is 0.0263. The van der Waals surface area contributed by atoms with Gasteiger partial charge in [0.05, 0.1) is 13.2 Å². The van der Waals surface area contributed by atoms with Crippen LogP contribution in [-0.4, -0.2) is 41.7 Å². The lowest BCUT2D eigenvalue weighted by Crippen LogP contribution is -2.01. The maximum atomic E-state index is 10.2. The maximum Gasteiger partial charge on any atom is 0.119 e. The van der Waals surface area contributed by atoms with Gasteiger partial charge >= 0.3 is 0 Å². The van der Waals surface area contributed by atoms with Gasteiger partial charge in [0, 0.05) is 0 Å². The van der Waals surface area contributed by atoms with Crippen LogP contribution < -0.4 is 9.47 Å². The van der Waals surface area contributed by atoms with Gasteiger partial charge in [0.2, 0.25) is 0 Å². The molecule has 0 saturated heterocycles. The number of aliphatic hydroxyl groups is 2. The quantitative estimate of drug-likeness (QED) is 0.569. The van der Waals surface area contributed by atoms with Crippen LogP contribution in [0.25, 0.3) is 22.3 Å². The first-order valence-electron chi connectivity index (χ1n) is 8.72. The van der Waals surface area contributed by atoms with Crippen molar-refractivity contribution in [1.29, 1.82) is 0 Å². The highest BCUT2D eigenvalue weighted by molar-refractivity contribution is 5.75. The van der Waals surface area contributed by atoms with E-state index in [1.807, 2.05) is 54.6 Å². The topological polar surface area (TPSA) is 79.2 Å². The highest BCUT2D eigenvalue weighted by Gasteiger charge is 2.06. The SMILES string of the molecule is OCCOc1ccc(-c2cc(O)cc(-c3ccc(OCCO)cc3)c2)cc1. The van der Waals surface area contributed by atoms with Gasteiger partial charge < -0.3 is 24.8 Å². The molecule has 0 saturated carbocycles. The number of benzene rings is 3. The summed E-state index contributed by atoms with van der Waals surface area (Å²) in [4.78, 5) is 0. The van der Waals surface area contributed by atoms with Gasteiger partial charge in [-0.25, -0.2) is 0 Å². The molecule has 140 valence electrons. The highest BCUT2D eigenvalue weighted by atomic mass is 16.5. The monoisotopic (exact) mass is 366 g/mol. The van der Waals surface area contributed by atoms with Crippen molar-refractivity contribution >= 4 is 0 Å². The zero-order chi connectivity index (χ0) is 19.1. The molecule has 0 aliphatic heterocycles. The van der Waals surface area contributed by atoms with E-state index in [0.29, 0.717) is 11.5 Å². The van der Waals surface area contributed by atoms with Crippen LogP contribution in [0.3, 0.4) is 0 Å². The Morgan fingerprint density at radius 3 is 1.33 bits per heavy atom. The lowest BCUT2D eigenvalue weighted by Gasteiger charge is -2.10. The Labute approximate surface area is 158 Å². The first kappa shape index (κ1) is 18.8. The molecule has 0 heterocycles. The summed E-state index contributed by atoms with van der Waals surface area (Å²) < 4.78 is 10.8. The third kappa shape index (κ3) is 5.00. The van der Waals surface area contributed by atoms with Crippen molar-refractivity contribution in [3.63, 3.8) is 0 Å². The summed E-state index contributed by atoms with van der Waals surface area (Å²) in [6.45, 7) is 0.463. The van der Waals surface area contributed by atoms with Gasteiger partial charge in [-0.1, -0.05) is 24.3 Å². The third-order valence-corrected chi connectivity index (χ3v) is 4.01. The average Bonchev–Trinajstić information content (AvgIpc) is 2.71. The lowest BCUT2D eigenvalue weighted by molar-refractivity contribution is 0.201. The van der Waals surface area contributed by atoms with Gasteiger partial charge in [-0.05, 0) is 64.7 Å². The van der Waals surface area contributed by atoms with Gasteiger partial charge in [0.15, 0.2) is 0 Å². The second-order valence-electron chi connectivity index (χ2n) is 5.96. The van der Waals surface area contributed by atoms with Gasteiger partial charge in [-0.3, -0.25) is 0 Å². The van der Waals surface area contributed by atoms with Crippen LogP contribution in [-0.2, 0) is 0 Å². The summed E-state index contributed by atoms with van der Waals surface area (Å²) in [5.74, 6) is 1.56. The van der Waals surface area contributed by atoms with Gasteiger partial charge in [-0.15, -0.1) is 0 Å². The number of aliphatic hydroxyl groups excluding tert-OH is 2. The minimum atomic E-state index is -0.0263. The van der Waals surface area contributed by atoms with Gasteiger partial charge in [0.25, 0.3) is 0 Å². The van der Waals surface area contributed by atoms with Crippen LogP contribution in [0.15, 0.2) is 66.7 Å². The van der Waals surface area contributed by atoms with E-state index in [1.54, 1.807) is 12.1 Å². The molecule has 0 aromatic heterocycles. The molecule has 0 fully saturated rings. The fourth-order valence-electron chi connectivity index (χ4n) is 2.76. The summed E-state index contributed by atoms with van der Waals surface area (Å²) >= 11 is 0. The molecule has 3 aromatic rings. The summed E-state index contributed by atoms with van der Waals surface area (Å²) in [6, 6.07) is 20.4. The Morgan fingerprint density at radius 2 is 0.963 bits per heavy atom. The van der Waals surface area contributed by atoms with E-state index in [-0.39, 0.29) is 32.2 Å². The second kappa shape index (κ2) is 9.07. The predicted molar refractivity (Wildman–Crippen MR) is 104 cm³/mol. The van der Waals surface area contributed by atoms with Gasteiger partial charge in [0.1, 0.15) is 30.5 Å². The van der Waals surface area contributed by atoms with Crippen LogP contribution in [0, 0.1) is 0 Å². The fraction of sp³-hybridized carbons (Fsp3) is 0.182. The van der Waals surface area contributed by atoms with E-state index >= 15 is 0 Å².